The van der Waals surface area contributed by atoms with Crippen LogP contribution in [0.25, 0.3) is 0 Å². The SMILES string of the molecule is CC(C)(C)c1cc(N=Cc2c(O)cccc2O)cc(C(C)(C)C)c1O. The van der Waals surface area contributed by atoms with Gasteiger partial charge in [-0.05, 0) is 35.1 Å². The van der Waals surface area contributed by atoms with Crippen LogP contribution in [0.4, 0.5) is 5.69 Å². The van der Waals surface area contributed by atoms with Gasteiger partial charge in [0.05, 0.1) is 11.3 Å². The van der Waals surface area contributed by atoms with E-state index in [-0.39, 0.29) is 27.9 Å². The zero-order valence-corrected chi connectivity index (χ0v) is 15.8. The van der Waals surface area contributed by atoms with Gasteiger partial charge in [0, 0.05) is 17.3 Å². The van der Waals surface area contributed by atoms with Gasteiger partial charge in [-0.1, -0.05) is 47.6 Å². The monoisotopic (exact) mass is 341 g/mol. The van der Waals surface area contributed by atoms with Crippen LogP contribution < -0.4 is 0 Å². The molecule has 0 heterocycles. The lowest BCUT2D eigenvalue weighted by molar-refractivity contribution is 0.423. The first-order valence-electron chi connectivity index (χ1n) is 8.34. The van der Waals surface area contributed by atoms with E-state index in [1.807, 2.05) is 53.7 Å². The summed E-state index contributed by atoms with van der Waals surface area (Å²) < 4.78 is 0. The first-order chi connectivity index (χ1) is 11.4. The van der Waals surface area contributed by atoms with Crippen LogP contribution in [0, 0.1) is 0 Å². The summed E-state index contributed by atoms with van der Waals surface area (Å²) in [4.78, 5) is 4.43. The first-order valence-corrected chi connectivity index (χ1v) is 8.34. The van der Waals surface area contributed by atoms with E-state index in [4.69, 9.17) is 0 Å². The van der Waals surface area contributed by atoms with E-state index in [1.165, 1.54) is 18.3 Å². The Morgan fingerprint density at radius 2 is 1.24 bits per heavy atom. The van der Waals surface area contributed by atoms with Gasteiger partial charge in [0.15, 0.2) is 0 Å². The van der Waals surface area contributed by atoms with E-state index in [9.17, 15) is 15.3 Å². The summed E-state index contributed by atoms with van der Waals surface area (Å²) in [5, 5.41) is 30.5. The van der Waals surface area contributed by atoms with Crippen molar-refractivity contribution in [2.75, 3.05) is 0 Å². The van der Waals surface area contributed by atoms with Crippen molar-refractivity contribution in [3.63, 3.8) is 0 Å². The molecule has 0 spiro atoms. The van der Waals surface area contributed by atoms with Gasteiger partial charge in [-0.25, -0.2) is 0 Å². The molecule has 4 heteroatoms. The zero-order valence-electron chi connectivity index (χ0n) is 15.8. The fourth-order valence-corrected chi connectivity index (χ4v) is 2.65. The van der Waals surface area contributed by atoms with Crippen molar-refractivity contribution in [1.29, 1.82) is 0 Å². The van der Waals surface area contributed by atoms with Crippen LogP contribution in [0.2, 0.25) is 0 Å². The zero-order chi connectivity index (χ0) is 19.0. The molecule has 25 heavy (non-hydrogen) atoms. The number of hydrogen-bond acceptors (Lipinski definition) is 4. The van der Waals surface area contributed by atoms with Gasteiger partial charge in [-0.15, -0.1) is 0 Å². The third-order valence-corrected chi connectivity index (χ3v) is 4.11. The minimum absolute atomic E-state index is 0.0328. The van der Waals surface area contributed by atoms with Crippen molar-refractivity contribution < 1.29 is 15.3 Å². The quantitative estimate of drug-likeness (QED) is 0.661. The lowest BCUT2D eigenvalue weighted by Gasteiger charge is -2.27. The Labute approximate surface area is 149 Å². The molecule has 0 aliphatic carbocycles. The van der Waals surface area contributed by atoms with E-state index in [0.29, 0.717) is 11.4 Å². The molecule has 0 atom stereocenters. The molecule has 0 bridgehead atoms. The second kappa shape index (κ2) is 6.43. The normalized spacial score (nSPS) is 12.7. The third kappa shape index (κ3) is 4.13. The number of aromatic hydroxyl groups is 3. The van der Waals surface area contributed by atoms with Gasteiger partial charge in [0.1, 0.15) is 17.2 Å². The van der Waals surface area contributed by atoms with Gasteiger partial charge in [0.25, 0.3) is 0 Å². The van der Waals surface area contributed by atoms with Crippen LogP contribution >= 0.6 is 0 Å². The second-order valence-corrected chi connectivity index (χ2v) is 8.36. The molecule has 0 amide bonds. The number of hydrogen-bond donors (Lipinski definition) is 3. The molecule has 0 saturated heterocycles. The summed E-state index contributed by atoms with van der Waals surface area (Å²) in [5.74, 6) is 0.230. The predicted molar refractivity (Wildman–Crippen MR) is 103 cm³/mol. The molecular weight excluding hydrogens is 314 g/mol. The van der Waals surface area contributed by atoms with Crippen molar-refractivity contribution in [1.82, 2.24) is 0 Å². The molecule has 134 valence electrons. The highest BCUT2D eigenvalue weighted by Crippen LogP contribution is 2.41. The molecule has 3 N–H and O–H groups in total. The molecule has 0 aliphatic heterocycles. The molecule has 0 saturated carbocycles. The number of phenols is 3. The first kappa shape index (κ1) is 18.8. The van der Waals surface area contributed by atoms with Gasteiger partial charge >= 0.3 is 0 Å². The Balaban J connectivity index is 2.60. The van der Waals surface area contributed by atoms with Crippen LogP contribution in [0.3, 0.4) is 0 Å². The van der Waals surface area contributed by atoms with Crippen molar-refractivity contribution in [2.24, 2.45) is 4.99 Å². The fraction of sp³-hybridized carbons (Fsp3) is 0.381. The smallest absolute Gasteiger partial charge is 0.128 e. The Hall–Kier alpha value is -2.49. The topological polar surface area (TPSA) is 73.1 Å². The molecule has 0 radical (unpaired) electrons. The number of aliphatic imine (C=N–C) groups is 1. The van der Waals surface area contributed by atoms with Crippen LogP contribution in [0.5, 0.6) is 17.2 Å². The molecular formula is C21H27NO3. The molecule has 4 nitrogen and oxygen atoms in total. The van der Waals surface area contributed by atoms with E-state index in [1.54, 1.807) is 6.07 Å². The average molecular weight is 341 g/mol. The van der Waals surface area contributed by atoms with Gasteiger partial charge < -0.3 is 15.3 Å². The number of nitrogens with zero attached hydrogens (tertiary/aromatic N) is 1. The highest BCUT2D eigenvalue weighted by molar-refractivity contribution is 5.88. The van der Waals surface area contributed by atoms with Crippen LogP contribution in [0.15, 0.2) is 35.3 Å². The van der Waals surface area contributed by atoms with Crippen molar-refractivity contribution in [2.45, 2.75) is 52.4 Å². The van der Waals surface area contributed by atoms with Crippen molar-refractivity contribution in [3.05, 3.63) is 47.0 Å². The molecule has 2 rings (SSSR count). The van der Waals surface area contributed by atoms with Crippen molar-refractivity contribution >= 4 is 11.9 Å². The maximum atomic E-state index is 10.7. The molecule has 2 aromatic carbocycles. The lowest BCUT2D eigenvalue weighted by Crippen LogP contribution is -2.16. The largest absolute Gasteiger partial charge is 0.507 e. The van der Waals surface area contributed by atoms with E-state index < -0.39 is 0 Å². The van der Waals surface area contributed by atoms with Gasteiger partial charge in [-0.3, -0.25) is 4.99 Å². The van der Waals surface area contributed by atoms with Crippen molar-refractivity contribution in [3.8, 4) is 17.2 Å². The summed E-state index contributed by atoms with van der Waals surface area (Å²) >= 11 is 0. The molecule has 2 aromatic rings. The Bertz CT molecular complexity index is 754. The molecule has 0 unspecified atom stereocenters. The lowest BCUT2D eigenvalue weighted by atomic mass is 9.79. The highest BCUT2D eigenvalue weighted by Gasteiger charge is 2.26. The fourth-order valence-electron chi connectivity index (χ4n) is 2.65. The van der Waals surface area contributed by atoms with Crippen LogP contribution in [-0.2, 0) is 10.8 Å². The number of phenolic OH excluding ortho intramolecular Hbond substituents is 3. The maximum absolute atomic E-state index is 10.7. The van der Waals surface area contributed by atoms with Crippen LogP contribution in [0.1, 0.15) is 58.2 Å². The number of rotatable bonds is 2. The van der Waals surface area contributed by atoms with E-state index in [0.717, 1.165) is 11.1 Å². The molecule has 0 aliphatic rings. The minimum atomic E-state index is -0.243. The predicted octanol–water partition coefficient (Wildman–Crippen LogP) is 5.15. The summed E-state index contributed by atoms with van der Waals surface area (Å²) in [6.45, 7) is 12.2. The minimum Gasteiger partial charge on any atom is -0.507 e. The summed E-state index contributed by atoms with van der Waals surface area (Å²) in [6.07, 6.45) is 1.44. The maximum Gasteiger partial charge on any atom is 0.128 e. The summed E-state index contributed by atoms with van der Waals surface area (Å²) in [6, 6.07) is 8.26. The molecule has 0 fully saturated rings. The average Bonchev–Trinajstić information content (AvgIpc) is 2.45. The van der Waals surface area contributed by atoms with Gasteiger partial charge in [0.2, 0.25) is 0 Å². The standard InChI is InChI=1S/C21H27NO3/c1-20(2,3)15-10-13(11-16(19(15)25)21(4,5)6)22-12-14-17(23)8-7-9-18(14)24/h7-12,23-25H,1-6H3. The summed E-state index contributed by atoms with van der Waals surface area (Å²) in [7, 11) is 0. The van der Waals surface area contributed by atoms with E-state index >= 15 is 0 Å². The number of benzene rings is 2. The van der Waals surface area contributed by atoms with E-state index in [2.05, 4.69) is 4.99 Å². The Kier molecular flexibility index (Phi) is 4.85. The summed E-state index contributed by atoms with van der Waals surface area (Å²) in [5.41, 5.74) is 2.07. The third-order valence-electron chi connectivity index (χ3n) is 4.11. The molecule has 0 aromatic heterocycles. The second-order valence-electron chi connectivity index (χ2n) is 8.36. The van der Waals surface area contributed by atoms with Gasteiger partial charge in [-0.2, -0.15) is 0 Å². The Morgan fingerprint density at radius 3 is 1.64 bits per heavy atom. The van der Waals surface area contributed by atoms with Crippen LogP contribution in [-0.4, -0.2) is 21.5 Å². The Morgan fingerprint density at radius 1 is 0.800 bits per heavy atom. The highest BCUT2D eigenvalue weighted by atomic mass is 16.3.